The highest BCUT2D eigenvalue weighted by molar-refractivity contribution is 5.71. The van der Waals surface area contributed by atoms with Crippen molar-refractivity contribution < 1.29 is 14.3 Å². The SMILES string of the molecule is COc1cc(C)ccc1OC(=O)NC1CCNC1. The number of hydrogen-bond acceptors (Lipinski definition) is 4. The van der Waals surface area contributed by atoms with Crippen molar-refractivity contribution in [2.24, 2.45) is 0 Å². The monoisotopic (exact) mass is 250 g/mol. The average Bonchev–Trinajstić information content (AvgIpc) is 2.84. The molecule has 5 heteroatoms. The second kappa shape index (κ2) is 5.73. The predicted octanol–water partition coefficient (Wildman–Crippen LogP) is 1.45. The van der Waals surface area contributed by atoms with E-state index in [0.717, 1.165) is 25.1 Å². The van der Waals surface area contributed by atoms with Crippen molar-refractivity contribution in [3.8, 4) is 11.5 Å². The smallest absolute Gasteiger partial charge is 0.412 e. The van der Waals surface area contributed by atoms with Crippen LogP contribution in [0.3, 0.4) is 0 Å². The number of ether oxygens (including phenoxy) is 2. The van der Waals surface area contributed by atoms with Gasteiger partial charge in [-0.1, -0.05) is 6.07 Å². The highest BCUT2D eigenvalue weighted by atomic mass is 16.6. The van der Waals surface area contributed by atoms with Crippen molar-refractivity contribution in [2.75, 3.05) is 20.2 Å². The van der Waals surface area contributed by atoms with Gasteiger partial charge in [-0.2, -0.15) is 0 Å². The van der Waals surface area contributed by atoms with Crippen molar-refractivity contribution >= 4 is 6.09 Å². The van der Waals surface area contributed by atoms with Crippen LogP contribution in [-0.4, -0.2) is 32.3 Å². The number of carbonyl (C=O) groups is 1. The van der Waals surface area contributed by atoms with Crippen LogP contribution >= 0.6 is 0 Å². The van der Waals surface area contributed by atoms with E-state index in [1.807, 2.05) is 19.1 Å². The van der Waals surface area contributed by atoms with Gasteiger partial charge in [0.25, 0.3) is 0 Å². The predicted molar refractivity (Wildman–Crippen MR) is 68.2 cm³/mol. The molecule has 1 aliphatic heterocycles. The zero-order valence-corrected chi connectivity index (χ0v) is 10.7. The summed E-state index contributed by atoms with van der Waals surface area (Å²) in [7, 11) is 1.56. The van der Waals surface area contributed by atoms with Crippen LogP contribution in [0.15, 0.2) is 18.2 Å². The molecule has 18 heavy (non-hydrogen) atoms. The van der Waals surface area contributed by atoms with Crippen molar-refractivity contribution in [1.29, 1.82) is 0 Å². The van der Waals surface area contributed by atoms with E-state index >= 15 is 0 Å². The van der Waals surface area contributed by atoms with Crippen LogP contribution in [0, 0.1) is 6.92 Å². The van der Waals surface area contributed by atoms with Crippen molar-refractivity contribution in [2.45, 2.75) is 19.4 Å². The maximum atomic E-state index is 11.7. The summed E-state index contributed by atoms with van der Waals surface area (Å²) in [6.45, 7) is 3.68. The Kier molecular flexibility index (Phi) is 4.04. The van der Waals surface area contributed by atoms with Gasteiger partial charge in [-0.3, -0.25) is 0 Å². The Morgan fingerprint density at radius 3 is 2.94 bits per heavy atom. The number of methoxy groups -OCH3 is 1. The van der Waals surface area contributed by atoms with Gasteiger partial charge >= 0.3 is 6.09 Å². The average molecular weight is 250 g/mol. The Bertz CT molecular complexity index is 428. The second-order valence-electron chi connectivity index (χ2n) is 4.38. The van der Waals surface area contributed by atoms with Crippen molar-refractivity contribution in [1.82, 2.24) is 10.6 Å². The first kappa shape index (κ1) is 12.7. The van der Waals surface area contributed by atoms with Gasteiger partial charge in [-0.15, -0.1) is 0 Å². The molecule has 0 bridgehead atoms. The summed E-state index contributed by atoms with van der Waals surface area (Å²) < 4.78 is 10.4. The Morgan fingerprint density at radius 2 is 2.28 bits per heavy atom. The molecule has 1 fully saturated rings. The molecule has 1 aromatic rings. The fourth-order valence-corrected chi connectivity index (χ4v) is 1.93. The highest BCUT2D eigenvalue weighted by Crippen LogP contribution is 2.27. The van der Waals surface area contributed by atoms with E-state index in [1.54, 1.807) is 13.2 Å². The van der Waals surface area contributed by atoms with Gasteiger partial charge in [0.2, 0.25) is 0 Å². The number of carbonyl (C=O) groups excluding carboxylic acids is 1. The van der Waals surface area contributed by atoms with E-state index in [-0.39, 0.29) is 6.04 Å². The molecule has 1 aromatic carbocycles. The third-order valence-electron chi connectivity index (χ3n) is 2.90. The minimum atomic E-state index is -0.439. The standard InChI is InChI=1S/C13H18N2O3/c1-9-3-4-11(12(7-9)17-2)18-13(16)15-10-5-6-14-8-10/h3-4,7,10,14H,5-6,8H2,1-2H3,(H,15,16). The fraction of sp³-hybridized carbons (Fsp3) is 0.462. The second-order valence-corrected chi connectivity index (χ2v) is 4.38. The first-order valence-electron chi connectivity index (χ1n) is 6.03. The summed E-state index contributed by atoms with van der Waals surface area (Å²) in [6, 6.07) is 5.59. The van der Waals surface area contributed by atoms with Crippen LogP contribution in [0.5, 0.6) is 11.5 Å². The molecular weight excluding hydrogens is 232 g/mol. The molecule has 1 atom stereocenters. The largest absolute Gasteiger partial charge is 0.493 e. The normalized spacial score (nSPS) is 18.4. The molecule has 0 aliphatic carbocycles. The van der Waals surface area contributed by atoms with Crippen molar-refractivity contribution in [3.63, 3.8) is 0 Å². The minimum Gasteiger partial charge on any atom is -0.493 e. The molecule has 1 unspecified atom stereocenters. The zero-order valence-electron chi connectivity index (χ0n) is 10.7. The number of rotatable bonds is 3. The molecular formula is C13H18N2O3. The number of benzene rings is 1. The summed E-state index contributed by atoms with van der Waals surface area (Å²) in [6.07, 6.45) is 0.492. The Hall–Kier alpha value is -1.75. The minimum absolute atomic E-state index is 0.147. The van der Waals surface area contributed by atoms with Gasteiger partial charge < -0.3 is 20.1 Å². The van der Waals surface area contributed by atoms with Crippen molar-refractivity contribution in [3.05, 3.63) is 23.8 Å². The molecule has 5 nitrogen and oxygen atoms in total. The van der Waals surface area contributed by atoms with Crippen LogP contribution < -0.4 is 20.1 Å². The van der Waals surface area contributed by atoms with Crippen LogP contribution in [0.2, 0.25) is 0 Å². The van der Waals surface area contributed by atoms with Gasteiger partial charge in [0.05, 0.1) is 7.11 Å². The summed E-state index contributed by atoms with van der Waals surface area (Å²) >= 11 is 0. The number of aryl methyl sites for hydroxylation is 1. The van der Waals surface area contributed by atoms with Crippen LogP contribution in [-0.2, 0) is 0 Å². The molecule has 1 amide bonds. The topological polar surface area (TPSA) is 59.6 Å². The van der Waals surface area contributed by atoms with Crippen LogP contribution in [0.1, 0.15) is 12.0 Å². The Labute approximate surface area is 106 Å². The lowest BCUT2D eigenvalue weighted by Gasteiger charge is -2.13. The Morgan fingerprint density at radius 1 is 1.44 bits per heavy atom. The van der Waals surface area contributed by atoms with Gasteiger partial charge in [0.1, 0.15) is 0 Å². The van der Waals surface area contributed by atoms with E-state index < -0.39 is 6.09 Å². The Balaban J connectivity index is 1.97. The van der Waals surface area contributed by atoms with E-state index in [1.165, 1.54) is 0 Å². The van der Waals surface area contributed by atoms with E-state index in [2.05, 4.69) is 10.6 Å². The summed E-state index contributed by atoms with van der Waals surface area (Å²) in [5.41, 5.74) is 1.06. The lowest BCUT2D eigenvalue weighted by molar-refractivity contribution is 0.194. The molecule has 2 N–H and O–H groups in total. The zero-order chi connectivity index (χ0) is 13.0. The molecule has 0 spiro atoms. The van der Waals surface area contributed by atoms with Crippen LogP contribution in [0.25, 0.3) is 0 Å². The number of hydrogen-bond donors (Lipinski definition) is 2. The number of nitrogens with one attached hydrogen (secondary N) is 2. The molecule has 1 aliphatic rings. The molecule has 0 radical (unpaired) electrons. The molecule has 0 aromatic heterocycles. The lowest BCUT2D eigenvalue weighted by atomic mass is 10.2. The van der Waals surface area contributed by atoms with E-state index in [0.29, 0.717) is 11.5 Å². The summed E-state index contributed by atoms with van der Waals surface area (Å²) in [5, 5.41) is 5.99. The maximum Gasteiger partial charge on any atom is 0.412 e. The molecule has 98 valence electrons. The first-order valence-corrected chi connectivity index (χ1v) is 6.03. The molecule has 1 heterocycles. The molecule has 1 saturated heterocycles. The molecule has 0 saturated carbocycles. The third kappa shape index (κ3) is 3.13. The lowest BCUT2D eigenvalue weighted by Crippen LogP contribution is -2.38. The van der Waals surface area contributed by atoms with E-state index in [4.69, 9.17) is 9.47 Å². The molecule has 2 rings (SSSR count). The maximum absolute atomic E-state index is 11.7. The summed E-state index contributed by atoms with van der Waals surface area (Å²) in [5.74, 6) is 1.00. The van der Waals surface area contributed by atoms with Crippen LogP contribution in [0.4, 0.5) is 4.79 Å². The first-order chi connectivity index (χ1) is 8.69. The van der Waals surface area contributed by atoms with E-state index in [9.17, 15) is 4.79 Å². The third-order valence-corrected chi connectivity index (χ3v) is 2.90. The highest BCUT2D eigenvalue weighted by Gasteiger charge is 2.18. The van der Waals surface area contributed by atoms with Gasteiger partial charge in [0.15, 0.2) is 11.5 Å². The number of amides is 1. The van der Waals surface area contributed by atoms with Gasteiger partial charge in [-0.05, 0) is 37.6 Å². The van der Waals surface area contributed by atoms with Gasteiger partial charge in [0, 0.05) is 12.6 Å². The summed E-state index contributed by atoms with van der Waals surface area (Å²) in [4.78, 5) is 11.7. The van der Waals surface area contributed by atoms with Gasteiger partial charge in [-0.25, -0.2) is 4.79 Å². The quantitative estimate of drug-likeness (QED) is 0.852. The fourth-order valence-electron chi connectivity index (χ4n) is 1.93.